The maximum Gasteiger partial charge on any atom is 0.435 e. The van der Waals surface area contributed by atoms with Crippen molar-refractivity contribution in [1.82, 2.24) is 20.2 Å². The van der Waals surface area contributed by atoms with E-state index in [9.17, 15) is 19.2 Å². The molecule has 1 N–H and O–H groups in total. The van der Waals surface area contributed by atoms with Crippen LogP contribution in [0.15, 0.2) is 30.6 Å². The third kappa shape index (κ3) is 16.4. The van der Waals surface area contributed by atoms with Crippen molar-refractivity contribution in [3.8, 4) is 0 Å². The zero-order valence-corrected chi connectivity index (χ0v) is 29.5. The molecule has 1 saturated heterocycles. The van der Waals surface area contributed by atoms with Crippen molar-refractivity contribution in [3.63, 3.8) is 0 Å². The van der Waals surface area contributed by atoms with Gasteiger partial charge in [0.2, 0.25) is 5.91 Å². The minimum Gasteiger partial charge on any atom is -0.423 e. The van der Waals surface area contributed by atoms with Crippen molar-refractivity contribution in [2.75, 3.05) is 33.3 Å². The van der Waals surface area contributed by atoms with Crippen molar-refractivity contribution in [2.45, 2.75) is 142 Å². The molecule has 0 aliphatic carbocycles. The molecule has 11 nitrogen and oxygen atoms in total. The number of hydrogen-bond acceptors (Lipinski definition) is 6. The maximum absolute atomic E-state index is 13.0. The molecule has 1 aliphatic rings. The molecule has 0 aromatic carbocycles. The van der Waals surface area contributed by atoms with Gasteiger partial charge in [0.25, 0.3) is 5.91 Å². The first-order valence-corrected chi connectivity index (χ1v) is 18.2. The van der Waals surface area contributed by atoms with Crippen LogP contribution in [0.5, 0.6) is 0 Å². The lowest BCUT2D eigenvalue weighted by molar-refractivity contribution is -0.695. The van der Waals surface area contributed by atoms with Gasteiger partial charge in [-0.05, 0) is 6.42 Å². The molecule has 1 aliphatic heterocycles. The normalized spacial score (nSPS) is 13.7. The van der Waals surface area contributed by atoms with Gasteiger partial charge in [-0.1, -0.05) is 116 Å². The van der Waals surface area contributed by atoms with Gasteiger partial charge >= 0.3 is 12.1 Å². The lowest BCUT2D eigenvalue weighted by Gasteiger charge is -2.27. The largest absolute Gasteiger partial charge is 0.435 e. The quantitative estimate of drug-likeness (QED) is 0.0484. The molecule has 266 valence electrons. The topological polar surface area (TPSA) is 112 Å². The number of aromatic nitrogens is 1. The van der Waals surface area contributed by atoms with E-state index in [1.54, 1.807) is 6.92 Å². The monoisotopic (exact) mass is 660 g/mol. The summed E-state index contributed by atoms with van der Waals surface area (Å²) >= 11 is 0. The lowest BCUT2D eigenvalue weighted by Crippen LogP contribution is -2.46. The number of carbonyl (C=O) groups excluding carboxylic acids is 4. The van der Waals surface area contributed by atoms with E-state index in [0.29, 0.717) is 19.5 Å². The first-order valence-electron chi connectivity index (χ1n) is 18.2. The highest BCUT2D eigenvalue weighted by Crippen LogP contribution is 2.19. The summed E-state index contributed by atoms with van der Waals surface area (Å²) in [7, 11) is 1.41. The molecule has 2 heterocycles. The summed E-state index contributed by atoms with van der Waals surface area (Å²) in [6, 6.07) is 5.17. The molecular weight excluding hydrogens is 598 g/mol. The summed E-state index contributed by atoms with van der Waals surface area (Å²) in [6.07, 6.45) is 22.9. The third-order valence-corrected chi connectivity index (χ3v) is 8.66. The van der Waals surface area contributed by atoms with Gasteiger partial charge in [0.05, 0.1) is 20.1 Å². The average molecular weight is 661 g/mol. The molecule has 5 amide bonds. The lowest BCUT2D eigenvalue weighted by atomic mass is 10.0. The van der Waals surface area contributed by atoms with Crippen LogP contribution in [0.2, 0.25) is 0 Å². The third-order valence-electron chi connectivity index (χ3n) is 8.66. The van der Waals surface area contributed by atoms with Gasteiger partial charge in [-0.15, -0.1) is 0 Å². The van der Waals surface area contributed by atoms with Crippen molar-refractivity contribution in [1.29, 1.82) is 0 Å². The van der Waals surface area contributed by atoms with Crippen molar-refractivity contribution < 1.29 is 33.3 Å². The van der Waals surface area contributed by atoms with Gasteiger partial charge < -0.3 is 15.0 Å². The van der Waals surface area contributed by atoms with E-state index < -0.39 is 24.3 Å². The minimum absolute atomic E-state index is 0.129. The van der Waals surface area contributed by atoms with Crippen molar-refractivity contribution in [2.24, 2.45) is 0 Å². The van der Waals surface area contributed by atoms with Crippen molar-refractivity contribution >= 4 is 23.9 Å². The van der Waals surface area contributed by atoms with Crippen LogP contribution < -0.4 is 9.88 Å². The Balaban J connectivity index is 1.58. The molecule has 1 atom stereocenters. The SMILES string of the molecule is CCCCCCCCCCCCCCCCCCN(OC)C(=O)OC(CC)N1C(=O)CN(CCNC(=O)CC[n+]2ccccc2)C1=O. The van der Waals surface area contributed by atoms with Crippen LogP contribution in [0.1, 0.15) is 129 Å². The summed E-state index contributed by atoms with van der Waals surface area (Å²) in [6.45, 7) is 5.20. The van der Waals surface area contributed by atoms with Gasteiger partial charge in [0.15, 0.2) is 25.2 Å². The molecule has 47 heavy (non-hydrogen) atoms. The molecule has 1 unspecified atom stereocenters. The molecular formula is C36H62N5O6+. The molecule has 1 aromatic rings. The zero-order chi connectivity index (χ0) is 34.1. The fourth-order valence-electron chi connectivity index (χ4n) is 5.81. The molecule has 1 fully saturated rings. The Bertz CT molecular complexity index is 1030. The zero-order valence-electron chi connectivity index (χ0n) is 29.5. The van der Waals surface area contributed by atoms with E-state index in [1.807, 2.05) is 35.2 Å². The second-order valence-corrected chi connectivity index (χ2v) is 12.5. The molecule has 1 aromatic heterocycles. The Morgan fingerprint density at radius 2 is 1.40 bits per heavy atom. The number of unbranched alkanes of at least 4 members (excludes halogenated alkanes) is 15. The predicted octanol–water partition coefficient (Wildman–Crippen LogP) is 6.74. The molecule has 0 bridgehead atoms. The Hall–Kier alpha value is -3.21. The van der Waals surface area contributed by atoms with Crippen LogP contribution in [0.3, 0.4) is 0 Å². The second kappa shape index (κ2) is 24.9. The Labute approximate surface area is 283 Å². The maximum atomic E-state index is 13.0. The molecule has 0 radical (unpaired) electrons. The number of hydroxylamine groups is 2. The van der Waals surface area contributed by atoms with E-state index in [0.717, 1.165) is 29.2 Å². The van der Waals surface area contributed by atoms with E-state index in [-0.39, 0.29) is 32.0 Å². The predicted molar refractivity (Wildman–Crippen MR) is 182 cm³/mol. The minimum atomic E-state index is -1.03. The number of amides is 5. The van der Waals surface area contributed by atoms with Gasteiger partial charge in [-0.3, -0.25) is 14.4 Å². The number of pyridine rings is 1. The van der Waals surface area contributed by atoms with Gasteiger partial charge in [-0.2, -0.15) is 5.06 Å². The van der Waals surface area contributed by atoms with Crippen molar-refractivity contribution in [3.05, 3.63) is 30.6 Å². The fraction of sp³-hybridized carbons (Fsp3) is 0.750. The first kappa shape index (κ1) is 40.0. The van der Waals surface area contributed by atoms with Crippen LogP contribution >= 0.6 is 0 Å². The summed E-state index contributed by atoms with van der Waals surface area (Å²) in [5, 5.41) is 3.95. The number of ether oxygens (including phenoxy) is 1. The van der Waals surface area contributed by atoms with Gasteiger partial charge in [0.1, 0.15) is 6.54 Å². The number of urea groups is 1. The standard InChI is InChI=1S/C36H61N5O6/c1-4-6-7-8-9-10-11-12-13-14-15-16-17-18-19-23-28-40(46-3)36(45)47-34(5-2)41-33(43)31-39(35(41)44)30-25-37-32(42)24-29-38-26-21-20-22-27-38/h20-22,26-27,34H,4-19,23-25,28-31H2,1-3H3/p+1. The van der Waals surface area contributed by atoms with E-state index >= 15 is 0 Å². The van der Waals surface area contributed by atoms with Gasteiger partial charge in [-0.25, -0.2) is 19.1 Å². The number of nitrogens with one attached hydrogen (secondary N) is 1. The number of aryl methyl sites for hydroxylation is 1. The molecule has 0 spiro atoms. The Kier molecular flexibility index (Phi) is 21.2. The summed E-state index contributed by atoms with van der Waals surface area (Å²) in [4.78, 5) is 58.5. The highest BCUT2D eigenvalue weighted by Gasteiger charge is 2.41. The fourth-order valence-corrected chi connectivity index (χ4v) is 5.81. The number of imide groups is 1. The number of carbonyl (C=O) groups is 4. The highest BCUT2D eigenvalue weighted by molar-refractivity contribution is 6.02. The molecule has 11 heteroatoms. The smallest absolute Gasteiger partial charge is 0.423 e. The average Bonchev–Trinajstić information content (AvgIpc) is 3.36. The highest BCUT2D eigenvalue weighted by atomic mass is 16.7. The number of nitrogens with zero attached hydrogens (tertiary/aromatic N) is 4. The summed E-state index contributed by atoms with van der Waals surface area (Å²) in [5.41, 5.74) is 0. The number of hydrogen-bond donors (Lipinski definition) is 1. The second-order valence-electron chi connectivity index (χ2n) is 12.5. The van der Waals surface area contributed by atoms with Crippen LogP contribution in [0.25, 0.3) is 0 Å². The molecule has 0 saturated carbocycles. The number of rotatable bonds is 27. The van der Waals surface area contributed by atoms with E-state index in [2.05, 4.69) is 12.2 Å². The van der Waals surface area contributed by atoms with Crippen LogP contribution in [-0.2, 0) is 25.7 Å². The Morgan fingerprint density at radius 3 is 1.94 bits per heavy atom. The van der Waals surface area contributed by atoms with Crippen LogP contribution in [0.4, 0.5) is 9.59 Å². The Morgan fingerprint density at radius 1 is 0.851 bits per heavy atom. The van der Waals surface area contributed by atoms with Crippen LogP contribution in [0, 0.1) is 0 Å². The van der Waals surface area contributed by atoms with Crippen LogP contribution in [-0.4, -0.2) is 78.3 Å². The molecule has 2 rings (SSSR count). The summed E-state index contributed by atoms with van der Waals surface area (Å²) in [5.74, 6) is -0.580. The van der Waals surface area contributed by atoms with E-state index in [1.165, 1.54) is 95.5 Å². The van der Waals surface area contributed by atoms with E-state index in [4.69, 9.17) is 9.57 Å². The first-order chi connectivity index (χ1) is 22.9. The summed E-state index contributed by atoms with van der Waals surface area (Å²) < 4.78 is 7.48. The van der Waals surface area contributed by atoms with Gasteiger partial charge in [0, 0.05) is 31.6 Å².